The maximum atomic E-state index is 12.9. The fourth-order valence-electron chi connectivity index (χ4n) is 10.2. The van der Waals surface area contributed by atoms with Gasteiger partial charge in [-0.2, -0.15) is 0 Å². The van der Waals surface area contributed by atoms with E-state index in [9.17, 15) is 14.4 Å². The summed E-state index contributed by atoms with van der Waals surface area (Å²) in [6.45, 7) is 6.55. The van der Waals surface area contributed by atoms with Crippen LogP contribution in [0.15, 0.2) is 72.9 Å². The van der Waals surface area contributed by atoms with Crippen molar-refractivity contribution in [1.82, 2.24) is 0 Å². The van der Waals surface area contributed by atoms with Crippen LogP contribution in [-0.2, 0) is 28.6 Å². The molecule has 0 N–H and O–H groups in total. The standard InChI is InChI=1S/C74H132O6/c1-4-7-10-13-16-19-22-25-28-30-31-32-33-34-35-36-37-38-39-40-41-42-43-45-46-49-52-55-58-61-64-67-73(76)79-70-71(69-78-72(75)66-63-60-57-54-51-48-27-24-21-18-15-12-9-6-3)80-74(77)68-65-62-59-56-53-50-47-44-29-26-23-20-17-14-11-8-5-2/h8,11,17,20,22,25-26,29-31,47,50,71H,4-7,9-10,12-16,18-19,21,23-24,27-28,32-46,48-49,51-70H2,1-3H3/b11-8-,20-17-,25-22-,29-26-,31-30-,50-47-. The summed E-state index contributed by atoms with van der Waals surface area (Å²) in [6.07, 6.45) is 89.4. The highest BCUT2D eigenvalue weighted by Gasteiger charge is 2.19. The molecule has 0 aliphatic carbocycles. The SMILES string of the molecule is CC/C=C\C/C=C\C/C=C\C/C=C\CCCCCCC(=O)OC(COC(=O)CCCCCCCCCCCCCCCC)COC(=O)CCCCCCCCCCCCCCCCCCCCC/C=C\C/C=C\CCCCCCC. The zero-order valence-corrected chi connectivity index (χ0v) is 53.3. The smallest absolute Gasteiger partial charge is 0.306 e. The van der Waals surface area contributed by atoms with Gasteiger partial charge >= 0.3 is 17.9 Å². The van der Waals surface area contributed by atoms with Gasteiger partial charge in [-0.05, 0) is 89.9 Å². The number of esters is 3. The van der Waals surface area contributed by atoms with Crippen LogP contribution in [0.5, 0.6) is 0 Å². The molecule has 0 amide bonds. The number of unbranched alkanes of at least 4 members (excludes halogenated alkanes) is 41. The van der Waals surface area contributed by atoms with Crippen LogP contribution in [0.1, 0.15) is 361 Å². The Morgan fingerprint density at radius 1 is 0.263 bits per heavy atom. The van der Waals surface area contributed by atoms with Gasteiger partial charge in [-0.15, -0.1) is 0 Å². The van der Waals surface area contributed by atoms with Crippen LogP contribution >= 0.6 is 0 Å². The van der Waals surface area contributed by atoms with E-state index < -0.39 is 6.10 Å². The molecule has 464 valence electrons. The molecule has 6 heteroatoms. The fourth-order valence-corrected chi connectivity index (χ4v) is 10.2. The van der Waals surface area contributed by atoms with Crippen molar-refractivity contribution >= 4 is 17.9 Å². The van der Waals surface area contributed by atoms with Crippen molar-refractivity contribution in [2.75, 3.05) is 13.2 Å². The fraction of sp³-hybridized carbons (Fsp3) is 0.797. The second kappa shape index (κ2) is 68.3. The van der Waals surface area contributed by atoms with Gasteiger partial charge in [0.15, 0.2) is 6.10 Å². The van der Waals surface area contributed by atoms with E-state index in [4.69, 9.17) is 14.2 Å². The lowest BCUT2D eigenvalue weighted by atomic mass is 10.0. The second-order valence-corrected chi connectivity index (χ2v) is 23.4. The summed E-state index contributed by atoms with van der Waals surface area (Å²) < 4.78 is 16.9. The Bertz CT molecular complexity index is 1470. The third-order valence-corrected chi connectivity index (χ3v) is 15.4. The molecule has 0 radical (unpaired) electrons. The monoisotopic (exact) mass is 1120 g/mol. The van der Waals surface area contributed by atoms with E-state index in [1.807, 2.05) is 0 Å². The maximum Gasteiger partial charge on any atom is 0.306 e. The molecule has 0 aliphatic heterocycles. The van der Waals surface area contributed by atoms with Crippen LogP contribution in [-0.4, -0.2) is 37.2 Å². The van der Waals surface area contributed by atoms with Gasteiger partial charge in [0.25, 0.3) is 0 Å². The van der Waals surface area contributed by atoms with Crippen LogP contribution in [0.2, 0.25) is 0 Å². The Hall–Kier alpha value is -3.15. The van der Waals surface area contributed by atoms with E-state index in [0.29, 0.717) is 19.3 Å². The number of carbonyl (C=O) groups is 3. The number of carbonyl (C=O) groups excluding carboxylic acids is 3. The van der Waals surface area contributed by atoms with Crippen LogP contribution in [0.3, 0.4) is 0 Å². The zero-order valence-electron chi connectivity index (χ0n) is 53.3. The molecule has 0 saturated carbocycles. The van der Waals surface area contributed by atoms with Crippen molar-refractivity contribution in [1.29, 1.82) is 0 Å². The lowest BCUT2D eigenvalue weighted by Crippen LogP contribution is -2.30. The highest BCUT2D eigenvalue weighted by Crippen LogP contribution is 2.18. The number of hydrogen-bond donors (Lipinski definition) is 0. The third kappa shape index (κ3) is 65.7. The molecule has 6 nitrogen and oxygen atoms in total. The molecule has 0 bridgehead atoms. The topological polar surface area (TPSA) is 78.9 Å². The number of hydrogen-bond acceptors (Lipinski definition) is 6. The van der Waals surface area contributed by atoms with Crippen molar-refractivity contribution in [3.63, 3.8) is 0 Å². The van der Waals surface area contributed by atoms with Gasteiger partial charge in [-0.1, -0.05) is 325 Å². The van der Waals surface area contributed by atoms with Crippen molar-refractivity contribution in [2.45, 2.75) is 367 Å². The average molecular weight is 1120 g/mol. The summed E-state index contributed by atoms with van der Waals surface area (Å²) >= 11 is 0. The Morgan fingerprint density at radius 2 is 0.487 bits per heavy atom. The number of allylic oxidation sites excluding steroid dienone is 12. The molecule has 0 spiro atoms. The average Bonchev–Trinajstić information content (AvgIpc) is 3.46. The van der Waals surface area contributed by atoms with Crippen molar-refractivity contribution < 1.29 is 28.6 Å². The molecule has 0 heterocycles. The van der Waals surface area contributed by atoms with Crippen LogP contribution in [0.4, 0.5) is 0 Å². The summed E-state index contributed by atoms with van der Waals surface area (Å²) in [5.41, 5.74) is 0. The quantitative estimate of drug-likeness (QED) is 0.0261. The molecule has 0 aromatic heterocycles. The molecule has 0 saturated heterocycles. The van der Waals surface area contributed by atoms with Gasteiger partial charge in [0, 0.05) is 19.3 Å². The minimum atomic E-state index is -0.787. The van der Waals surface area contributed by atoms with E-state index in [1.165, 1.54) is 218 Å². The predicted octanol–water partition coefficient (Wildman–Crippen LogP) is 24.1. The van der Waals surface area contributed by atoms with Crippen LogP contribution < -0.4 is 0 Å². The second-order valence-electron chi connectivity index (χ2n) is 23.4. The van der Waals surface area contributed by atoms with E-state index in [0.717, 1.165) is 103 Å². The summed E-state index contributed by atoms with van der Waals surface area (Å²) in [5, 5.41) is 0. The molecular weight excluding hydrogens is 985 g/mol. The Labute approximate surface area is 497 Å². The van der Waals surface area contributed by atoms with Gasteiger partial charge in [0.2, 0.25) is 0 Å². The molecule has 0 fully saturated rings. The number of rotatable bonds is 64. The first-order valence-electron chi connectivity index (χ1n) is 34.9. The number of ether oxygens (including phenoxy) is 3. The Balaban J connectivity index is 4.20. The van der Waals surface area contributed by atoms with E-state index in [1.54, 1.807) is 0 Å². The lowest BCUT2D eigenvalue weighted by Gasteiger charge is -2.18. The first-order chi connectivity index (χ1) is 39.5. The molecule has 1 atom stereocenters. The highest BCUT2D eigenvalue weighted by atomic mass is 16.6. The minimum absolute atomic E-state index is 0.0808. The largest absolute Gasteiger partial charge is 0.462 e. The van der Waals surface area contributed by atoms with E-state index in [-0.39, 0.29) is 31.1 Å². The first kappa shape index (κ1) is 76.9. The van der Waals surface area contributed by atoms with Crippen molar-refractivity contribution in [3.05, 3.63) is 72.9 Å². The minimum Gasteiger partial charge on any atom is -0.462 e. The normalized spacial score (nSPS) is 12.5. The maximum absolute atomic E-state index is 12.9. The van der Waals surface area contributed by atoms with Crippen molar-refractivity contribution in [3.8, 4) is 0 Å². The summed E-state index contributed by atoms with van der Waals surface area (Å²) in [7, 11) is 0. The lowest BCUT2D eigenvalue weighted by molar-refractivity contribution is -0.167. The first-order valence-corrected chi connectivity index (χ1v) is 34.9. The molecular formula is C74H132O6. The molecule has 0 aromatic rings. The van der Waals surface area contributed by atoms with Crippen LogP contribution in [0.25, 0.3) is 0 Å². The summed E-state index contributed by atoms with van der Waals surface area (Å²) in [6, 6.07) is 0. The molecule has 0 rings (SSSR count). The molecule has 0 aromatic carbocycles. The summed E-state index contributed by atoms with van der Waals surface area (Å²) in [4.78, 5) is 38.4. The van der Waals surface area contributed by atoms with E-state index in [2.05, 4.69) is 93.7 Å². The molecule has 1 unspecified atom stereocenters. The van der Waals surface area contributed by atoms with Crippen LogP contribution in [0, 0.1) is 0 Å². The van der Waals surface area contributed by atoms with Gasteiger partial charge in [0.1, 0.15) is 13.2 Å². The third-order valence-electron chi connectivity index (χ3n) is 15.4. The highest BCUT2D eigenvalue weighted by molar-refractivity contribution is 5.71. The van der Waals surface area contributed by atoms with Gasteiger partial charge in [-0.3, -0.25) is 14.4 Å². The van der Waals surface area contributed by atoms with E-state index >= 15 is 0 Å². The van der Waals surface area contributed by atoms with Gasteiger partial charge in [-0.25, -0.2) is 0 Å². The Morgan fingerprint density at radius 3 is 0.762 bits per heavy atom. The molecule has 80 heavy (non-hydrogen) atoms. The molecule has 0 aliphatic rings. The van der Waals surface area contributed by atoms with Crippen molar-refractivity contribution in [2.24, 2.45) is 0 Å². The van der Waals surface area contributed by atoms with Gasteiger partial charge < -0.3 is 14.2 Å². The Kier molecular flexibility index (Phi) is 65.7. The zero-order chi connectivity index (χ0) is 57.8. The summed E-state index contributed by atoms with van der Waals surface area (Å²) in [5.74, 6) is -0.884. The van der Waals surface area contributed by atoms with Gasteiger partial charge in [0.05, 0.1) is 0 Å². The predicted molar refractivity (Wildman–Crippen MR) is 348 cm³/mol.